The zero-order chi connectivity index (χ0) is 15.0. The van der Waals surface area contributed by atoms with Gasteiger partial charge in [0, 0.05) is 28.9 Å². The molecule has 0 fully saturated rings. The molecule has 3 rings (SSSR count). The second kappa shape index (κ2) is 5.21. The number of hydrogen-bond acceptors (Lipinski definition) is 4. The van der Waals surface area contributed by atoms with Gasteiger partial charge in [-0.2, -0.15) is 0 Å². The van der Waals surface area contributed by atoms with Crippen LogP contribution in [0.2, 0.25) is 0 Å². The predicted molar refractivity (Wildman–Crippen MR) is 78.4 cm³/mol. The van der Waals surface area contributed by atoms with Gasteiger partial charge in [-0.3, -0.25) is 9.59 Å². The van der Waals surface area contributed by atoms with Crippen molar-refractivity contribution >= 4 is 33.8 Å². The molecule has 0 bridgehead atoms. The summed E-state index contributed by atoms with van der Waals surface area (Å²) in [6.45, 7) is 1.75. The molecule has 1 aromatic carbocycles. The average Bonchev–Trinajstić information content (AvgIpc) is 3.12. The first-order chi connectivity index (χ1) is 10.1. The minimum atomic E-state index is -0.367. The Morgan fingerprint density at radius 2 is 2.19 bits per heavy atom. The Balaban J connectivity index is 2.00. The molecule has 106 valence electrons. The lowest BCUT2D eigenvalue weighted by Gasteiger charge is -1.95. The number of benzene rings is 1. The Morgan fingerprint density at radius 1 is 1.38 bits per heavy atom. The van der Waals surface area contributed by atoms with Gasteiger partial charge in [-0.1, -0.05) is 6.92 Å². The highest BCUT2D eigenvalue weighted by Gasteiger charge is 2.19. The van der Waals surface area contributed by atoms with Crippen molar-refractivity contribution in [2.75, 3.05) is 0 Å². The molecule has 0 saturated carbocycles. The number of nitrogens with one attached hydrogen (secondary N) is 1. The van der Waals surface area contributed by atoms with Gasteiger partial charge in [0.25, 0.3) is 0 Å². The van der Waals surface area contributed by atoms with Gasteiger partial charge in [0.05, 0.1) is 5.56 Å². The second-order valence-electron chi connectivity index (χ2n) is 4.54. The lowest BCUT2D eigenvalue weighted by Crippen LogP contribution is -2.02. The van der Waals surface area contributed by atoms with Crippen molar-refractivity contribution in [3.63, 3.8) is 0 Å². The molecule has 1 N–H and O–H groups in total. The monoisotopic (exact) mass is 302 g/mol. The third kappa shape index (κ3) is 2.38. The number of aromatic amines is 1. The molecule has 3 aromatic rings. The minimum Gasteiger partial charge on any atom is -0.360 e. The molecule has 0 saturated heterocycles. The van der Waals surface area contributed by atoms with Crippen LogP contribution >= 0.6 is 11.3 Å². The SMILES string of the molecule is CCC(=O)c1csc(C(=O)c2c[nH]c3cc(F)ccc23)n1. The van der Waals surface area contributed by atoms with Crippen LogP contribution in [0.25, 0.3) is 10.9 Å². The maximum atomic E-state index is 13.1. The average molecular weight is 302 g/mol. The van der Waals surface area contributed by atoms with E-state index in [0.29, 0.717) is 28.6 Å². The Morgan fingerprint density at radius 3 is 2.95 bits per heavy atom. The smallest absolute Gasteiger partial charge is 0.223 e. The summed E-state index contributed by atoms with van der Waals surface area (Å²) in [5.41, 5.74) is 1.30. The summed E-state index contributed by atoms with van der Waals surface area (Å²) >= 11 is 1.14. The Hall–Kier alpha value is -2.34. The number of ketones is 2. The fourth-order valence-electron chi connectivity index (χ4n) is 2.09. The van der Waals surface area contributed by atoms with Gasteiger partial charge in [0.15, 0.2) is 10.8 Å². The number of nitrogens with zero attached hydrogens (tertiary/aromatic N) is 1. The number of aromatic nitrogens is 2. The van der Waals surface area contributed by atoms with Crippen LogP contribution in [0.5, 0.6) is 0 Å². The summed E-state index contributed by atoms with van der Waals surface area (Å²) in [6.07, 6.45) is 1.89. The molecule has 21 heavy (non-hydrogen) atoms. The number of carbonyl (C=O) groups excluding carboxylic acids is 2. The van der Waals surface area contributed by atoms with E-state index >= 15 is 0 Å². The van der Waals surface area contributed by atoms with Crippen molar-refractivity contribution in [3.8, 4) is 0 Å². The van der Waals surface area contributed by atoms with E-state index in [1.165, 1.54) is 18.3 Å². The zero-order valence-corrected chi connectivity index (χ0v) is 12.0. The van der Waals surface area contributed by atoms with Crippen molar-refractivity contribution in [1.29, 1.82) is 0 Å². The largest absolute Gasteiger partial charge is 0.360 e. The minimum absolute atomic E-state index is 0.0914. The van der Waals surface area contributed by atoms with Crippen LogP contribution in [-0.2, 0) is 0 Å². The van der Waals surface area contributed by atoms with Gasteiger partial charge in [0.1, 0.15) is 11.5 Å². The predicted octanol–water partition coefficient (Wildman–Crippen LogP) is 3.59. The molecule has 0 atom stereocenters. The summed E-state index contributed by atoms with van der Waals surface area (Å²) in [5, 5.41) is 2.49. The number of Topliss-reactive ketones (excluding diaryl/α,β-unsaturated/α-hetero) is 1. The first-order valence-corrected chi connectivity index (χ1v) is 7.28. The van der Waals surface area contributed by atoms with Crippen molar-refractivity contribution in [2.45, 2.75) is 13.3 Å². The van der Waals surface area contributed by atoms with Crippen molar-refractivity contribution in [1.82, 2.24) is 9.97 Å². The van der Waals surface area contributed by atoms with Crippen LogP contribution in [0.4, 0.5) is 4.39 Å². The maximum Gasteiger partial charge on any atom is 0.223 e. The van der Waals surface area contributed by atoms with Crippen LogP contribution in [0.15, 0.2) is 29.8 Å². The van der Waals surface area contributed by atoms with E-state index in [2.05, 4.69) is 9.97 Å². The van der Waals surface area contributed by atoms with Crippen molar-refractivity contribution in [3.05, 3.63) is 51.9 Å². The number of rotatable bonds is 4. The van der Waals surface area contributed by atoms with Gasteiger partial charge in [0.2, 0.25) is 5.78 Å². The van der Waals surface area contributed by atoms with Crippen LogP contribution in [0.1, 0.15) is 39.2 Å². The molecule has 2 heterocycles. The Bertz CT molecular complexity index is 850. The van der Waals surface area contributed by atoms with Crippen LogP contribution < -0.4 is 0 Å². The summed E-state index contributed by atoms with van der Waals surface area (Å²) in [6, 6.07) is 4.20. The molecule has 2 aromatic heterocycles. The number of thiazole rings is 1. The Labute approximate surface area is 123 Å². The molecule has 0 aliphatic heterocycles. The standard InChI is InChI=1S/C15H11FN2O2S/c1-2-13(19)12-7-21-15(18-12)14(20)10-6-17-11-5-8(16)3-4-9(10)11/h3-7,17H,2H2,1H3. The molecule has 0 unspecified atom stereocenters. The highest BCUT2D eigenvalue weighted by atomic mass is 32.1. The third-order valence-corrected chi connectivity index (χ3v) is 4.03. The number of fused-ring (bicyclic) bond motifs is 1. The maximum absolute atomic E-state index is 13.1. The lowest BCUT2D eigenvalue weighted by molar-refractivity contribution is 0.0984. The molecule has 0 aliphatic carbocycles. The van der Waals surface area contributed by atoms with Gasteiger partial charge < -0.3 is 4.98 Å². The first-order valence-electron chi connectivity index (χ1n) is 6.40. The van der Waals surface area contributed by atoms with E-state index in [4.69, 9.17) is 0 Å². The fourth-order valence-corrected chi connectivity index (χ4v) is 2.86. The molecular formula is C15H11FN2O2S. The molecule has 0 radical (unpaired) electrons. The molecule has 0 spiro atoms. The van der Waals surface area contributed by atoms with E-state index in [1.807, 2.05) is 0 Å². The first kappa shape index (κ1) is 13.6. The van der Waals surface area contributed by atoms with Gasteiger partial charge in [-0.15, -0.1) is 11.3 Å². The topological polar surface area (TPSA) is 62.8 Å². The Kier molecular flexibility index (Phi) is 3.39. The van der Waals surface area contributed by atoms with Gasteiger partial charge in [-0.05, 0) is 18.2 Å². The highest BCUT2D eigenvalue weighted by Crippen LogP contribution is 2.23. The van der Waals surface area contributed by atoms with Crippen LogP contribution in [-0.4, -0.2) is 21.5 Å². The summed E-state index contributed by atoms with van der Waals surface area (Å²) in [7, 11) is 0. The van der Waals surface area contributed by atoms with E-state index in [-0.39, 0.29) is 22.4 Å². The van der Waals surface area contributed by atoms with Gasteiger partial charge in [-0.25, -0.2) is 9.37 Å². The second-order valence-corrected chi connectivity index (χ2v) is 5.39. The molecule has 0 amide bonds. The summed E-state index contributed by atoms with van der Waals surface area (Å²) in [4.78, 5) is 31.0. The third-order valence-electron chi connectivity index (χ3n) is 3.19. The molecule has 4 nitrogen and oxygen atoms in total. The number of hydrogen-bond donors (Lipinski definition) is 1. The molecule has 0 aliphatic rings. The van der Waals surface area contributed by atoms with E-state index in [1.54, 1.807) is 18.4 Å². The quantitative estimate of drug-likeness (QED) is 0.749. The van der Waals surface area contributed by atoms with Crippen LogP contribution in [0, 0.1) is 5.82 Å². The molecule has 6 heteroatoms. The van der Waals surface area contributed by atoms with Crippen molar-refractivity contribution < 1.29 is 14.0 Å². The number of H-pyrrole nitrogens is 1. The fraction of sp³-hybridized carbons (Fsp3) is 0.133. The number of halogens is 1. The van der Waals surface area contributed by atoms with E-state index in [9.17, 15) is 14.0 Å². The van der Waals surface area contributed by atoms with Crippen molar-refractivity contribution in [2.24, 2.45) is 0 Å². The van der Waals surface area contributed by atoms with Gasteiger partial charge >= 0.3 is 0 Å². The highest BCUT2D eigenvalue weighted by molar-refractivity contribution is 7.12. The summed E-state index contributed by atoms with van der Waals surface area (Å²) in [5.74, 6) is -0.729. The number of carbonyl (C=O) groups is 2. The normalized spacial score (nSPS) is 11.0. The zero-order valence-electron chi connectivity index (χ0n) is 11.1. The molecular weight excluding hydrogens is 291 g/mol. The summed E-state index contributed by atoms with van der Waals surface area (Å²) < 4.78 is 13.1. The lowest BCUT2D eigenvalue weighted by atomic mass is 10.1. The van der Waals surface area contributed by atoms with E-state index < -0.39 is 0 Å². The van der Waals surface area contributed by atoms with E-state index in [0.717, 1.165) is 11.3 Å². The van der Waals surface area contributed by atoms with Crippen LogP contribution in [0.3, 0.4) is 0 Å².